The van der Waals surface area contributed by atoms with E-state index in [-0.39, 0.29) is 5.41 Å². The van der Waals surface area contributed by atoms with Gasteiger partial charge in [0.2, 0.25) is 5.69 Å². The Kier molecular flexibility index (Phi) is 4.51. The maximum absolute atomic E-state index is 9.10. The minimum Gasteiger partial charge on any atom is -0.310 e. The number of aromatic nitrogens is 1. The molecule has 1 aromatic heterocycles. The SMILES string of the molecule is [C-]#[N+]c1cc(C#N)cnc1-c1ccc(N2c3ccccc3C(C)(C)c3ccccc32)cc1. The molecule has 1 aliphatic heterocycles. The molecule has 0 aliphatic carbocycles. The zero-order valence-electron chi connectivity index (χ0n) is 17.9. The van der Waals surface area contributed by atoms with Crippen LogP contribution in [0.15, 0.2) is 85.1 Å². The van der Waals surface area contributed by atoms with Gasteiger partial charge >= 0.3 is 0 Å². The molecule has 2 heterocycles. The van der Waals surface area contributed by atoms with Crippen LogP contribution in [0.3, 0.4) is 0 Å². The highest BCUT2D eigenvalue weighted by molar-refractivity contribution is 5.87. The molecule has 0 spiro atoms. The zero-order chi connectivity index (χ0) is 22.3. The summed E-state index contributed by atoms with van der Waals surface area (Å²) >= 11 is 0. The van der Waals surface area contributed by atoms with Crippen molar-refractivity contribution >= 4 is 22.7 Å². The number of benzene rings is 3. The van der Waals surface area contributed by atoms with Gasteiger partial charge in [0.15, 0.2) is 0 Å². The Morgan fingerprint density at radius 1 is 0.906 bits per heavy atom. The molecule has 0 saturated carbocycles. The number of anilines is 3. The van der Waals surface area contributed by atoms with Gasteiger partial charge in [-0.2, -0.15) is 5.26 Å². The van der Waals surface area contributed by atoms with Crippen LogP contribution in [-0.4, -0.2) is 4.98 Å². The third kappa shape index (κ3) is 2.94. The first-order valence-electron chi connectivity index (χ1n) is 10.4. The number of nitriles is 1. The smallest absolute Gasteiger partial charge is 0.214 e. The molecule has 0 atom stereocenters. The largest absolute Gasteiger partial charge is 0.310 e. The van der Waals surface area contributed by atoms with Crippen LogP contribution in [0.2, 0.25) is 0 Å². The first-order valence-corrected chi connectivity index (χ1v) is 10.4. The summed E-state index contributed by atoms with van der Waals surface area (Å²) < 4.78 is 0. The van der Waals surface area contributed by atoms with E-state index in [9.17, 15) is 0 Å². The summed E-state index contributed by atoms with van der Waals surface area (Å²) in [6.07, 6.45) is 1.51. The number of hydrogen-bond donors (Lipinski definition) is 0. The fraction of sp³-hybridized carbons (Fsp3) is 0.107. The van der Waals surface area contributed by atoms with Crippen LogP contribution in [-0.2, 0) is 5.41 Å². The highest BCUT2D eigenvalue weighted by Gasteiger charge is 2.36. The Bertz CT molecular complexity index is 1370. The predicted octanol–water partition coefficient (Wildman–Crippen LogP) is 7.28. The molecule has 0 N–H and O–H groups in total. The summed E-state index contributed by atoms with van der Waals surface area (Å²) in [7, 11) is 0. The van der Waals surface area contributed by atoms with E-state index in [1.807, 2.05) is 18.2 Å². The Hall–Kier alpha value is -4.41. The van der Waals surface area contributed by atoms with Gasteiger partial charge in [0, 0.05) is 17.3 Å². The third-order valence-corrected chi connectivity index (χ3v) is 6.15. The number of fused-ring (bicyclic) bond motifs is 2. The van der Waals surface area contributed by atoms with Gasteiger partial charge in [-0.05, 0) is 47.0 Å². The molecule has 0 fully saturated rings. The van der Waals surface area contributed by atoms with Crippen molar-refractivity contribution in [2.45, 2.75) is 19.3 Å². The third-order valence-electron chi connectivity index (χ3n) is 6.15. The molecule has 1 aliphatic rings. The minimum atomic E-state index is -0.0967. The topological polar surface area (TPSA) is 44.3 Å². The zero-order valence-corrected chi connectivity index (χ0v) is 17.9. The quantitative estimate of drug-likeness (QED) is 0.325. The molecule has 4 nitrogen and oxygen atoms in total. The summed E-state index contributed by atoms with van der Waals surface area (Å²) in [5.74, 6) is 0. The summed E-state index contributed by atoms with van der Waals surface area (Å²) in [4.78, 5) is 10.2. The maximum atomic E-state index is 9.10. The van der Waals surface area contributed by atoms with E-state index < -0.39 is 0 Å². The van der Waals surface area contributed by atoms with E-state index in [0.717, 1.165) is 11.3 Å². The van der Waals surface area contributed by atoms with E-state index in [0.29, 0.717) is 16.9 Å². The fourth-order valence-electron chi connectivity index (χ4n) is 4.54. The first-order chi connectivity index (χ1) is 15.5. The fourth-order valence-corrected chi connectivity index (χ4v) is 4.54. The molecule has 0 saturated heterocycles. The lowest BCUT2D eigenvalue weighted by Crippen LogP contribution is -2.30. The maximum Gasteiger partial charge on any atom is 0.214 e. The van der Waals surface area contributed by atoms with Gasteiger partial charge in [0.1, 0.15) is 0 Å². The van der Waals surface area contributed by atoms with Gasteiger partial charge in [-0.15, -0.1) is 0 Å². The molecule has 0 bridgehead atoms. The van der Waals surface area contributed by atoms with Crippen LogP contribution >= 0.6 is 0 Å². The van der Waals surface area contributed by atoms with Gasteiger partial charge in [0.25, 0.3) is 0 Å². The average molecular weight is 412 g/mol. The monoisotopic (exact) mass is 412 g/mol. The Balaban J connectivity index is 1.63. The van der Waals surface area contributed by atoms with Crippen LogP contribution in [0.25, 0.3) is 16.1 Å². The van der Waals surface area contributed by atoms with Crippen LogP contribution in [0.4, 0.5) is 22.7 Å². The van der Waals surface area contributed by atoms with Crippen LogP contribution < -0.4 is 4.90 Å². The van der Waals surface area contributed by atoms with E-state index in [2.05, 4.69) is 89.2 Å². The van der Waals surface area contributed by atoms with Crippen molar-refractivity contribution in [1.29, 1.82) is 5.26 Å². The lowest BCUT2D eigenvalue weighted by Gasteiger charge is -2.42. The second kappa shape index (κ2) is 7.38. The van der Waals surface area contributed by atoms with Gasteiger partial charge in [0.05, 0.1) is 35.3 Å². The van der Waals surface area contributed by atoms with Crippen molar-refractivity contribution < 1.29 is 0 Å². The van der Waals surface area contributed by atoms with Gasteiger partial charge < -0.3 is 4.90 Å². The van der Waals surface area contributed by atoms with Crippen molar-refractivity contribution in [3.63, 3.8) is 0 Å². The predicted molar refractivity (Wildman–Crippen MR) is 127 cm³/mol. The molecule has 152 valence electrons. The highest BCUT2D eigenvalue weighted by Crippen LogP contribution is 2.51. The van der Waals surface area contributed by atoms with Crippen LogP contribution in [0.1, 0.15) is 30.5 Å². The molecule has 5 rings (SSSR count). The minimum absolute atomic E-state index is 0.0967. The highest BCUT2D eigenvalue weighted by atomic mass is 15.2. The summed E-state index contributed by atoms with van der Waals surface area (Å²) in [6, 6.07) is 28.8. The normalized spacial score (nSPS) is 13.4. The number of pyridine rings is 1. The van der Waals surface area contributed by atoms with E-state index >= 15 is 0 Å². The lowest BCUT2D eigenvalue weighted by atomic mass is 9.73. The van der Waals surface area contributed by atoms with Crippen LogP contribution in [0.5, 0.6) is 0 Å². The van der Waals surface area contributed by atoms with E-state index in [4.69, 9.17) is 11.8 Å². The second-order valence-corrected chi connectivity index (χ2v) is 8.36. The molecular weight excluding hydrogens is 392 g/mol. The Morgan fingerprint density at radius 3 is 2.06 bits per heavy atom. The first kappa shape index (κ1) is 19.5. The molecule has 3 aromatic carbocycles. The van der Waals surface area contributed by atoms with E-state index in [1.165, 1.54) is 28.7 Å². The average Bonchev–Trinajstić information content (AvgIpc) is 2.84. The van der Waals surface area contributed by atoms with Crippen LogP contribution in [0, 0.1) is 17.9 Å². The van der Waals surface area contributed by atoms with Gasteiger partial charge in [-0.1, -0.05) is 62.4 Å². The number of para-hydroxylation sites is 2. The van der Waals surface area contributed by atoms with Crippen molar-refractivity contribution in [2.75, 3.05) is 4.90 Å². The van der Waals surface area contributed by atoms with Gasteiger partial charge in [-0.3, -0.25) is 4.98 Å². The molecule has 0 radical (unpaired) electrons. The molecule has 0 unspecified atom stereocenters. The molecule has 0 amide bonds. The van der Waals surface area contributed by atoms with E-state index in [1.54, 1.807) is 6.07 Å². The van der Waals surface area contributed by atoms with Crippen molar-refractivity contribution in [3.8, 4) is 17.3 Å². The summed E-state index contributed by atoms with van der Waals surface area (Å²) in [5, 5.41) is 9.10. The molecule has 32 heavy (non-hydrogen) atoms. The van der Waals surface area contributed by atoms with Crippen molar-refractivity contribution in [2.24, 2.45) is 0 Å². The number of nitrogens with zero attached hydrogens (tertiary/aromatic N) is 4. The summed E-state index contributed by atoms with van der Waals surface area (Å²) in [5.41, 5.74) is 8.06. The lowest BCUT2D eigenvalue weighted by molar-refractivity contribution is 0.632. The number of rotatable bonds is 2. The second-order valence-electron chi connectivity index (χ2n) is 8.36. The standard InChI is InChI=1S/C28H20N4/c1-28(2)22-8-4-6-10-25(22)32(26-11-7-5-9-23(26)28)21-14-12-20(13-15-21)27-24(30-3)16-19(17-29)18-31-27/h4-16,18H,1-2H3. The Labute approximate surface area is 187 Å². The molecule has 4 heteroatoms. The van der Waals surface area contributed by atoms with Gasteiger partial charge in [-0.25, -0.2) is 4.85 Å². The summed E-state index contributed by atoms with van der Waals surface area (Å²) in [6.45, 7) is 12.0. The molecular formula is C28H20N4. The number of hydrogen-bond acceptors (Lipinski definition) is 3. The Morgan fingerprint density at radius 2 is 1.50 bits per heavy atom. The van der Waals surface area contributed by atoms with Crippen molar-refractivity contribution in [3.05, 3.63) is 113 Å². The van der Waals surface area contributed by atoms with Crippen molar-refractivity contribution in [1.82, 2.24) is 4.98 Å². The molecule has 4 aromatic rings.